The van der Waals surface area contributed by atoms with Gasteiger partial charge in [0.1, 0.15) is 23.8 Å². The molecule has 6 nitrogen and oxygen atoms in total. The molecule has 1 N–H and O–H groups in total. The van der Waals surface area contributed by atoms with Crippen LogP contribution in [0.15, 0.2) is 77.2 Å². The average molecular weight is 446 g/mol. The fourth-order valence-corrected chi connectivity index (χ4v) is 3.93. The van der Waals surface area contributed by atoms with E-state index in [-0.39, 0.29) is 12.4 Å². The summed E-state index contributed by atoms with van der Waals surface area (Å²) in [4.78, 5) is 15.0. The molecule has 0 aliphatic carbocycles. The van der Waals surface area contributed by atoms with Gasteiger partial charge in [0.05, 0.1) is 18.9 Å². The predicted molar refractivity (Wildman–Crippen MR) is 124 cm³/mol. The number of hydrogen-bond donors (Lipinski definition) is 1. The molecule has 7 heteroatoms. The quantitative estimate of drug-likeness (QED) is 0.439. The molecule has 0 spiro atoms. The molecule has 1 aliphatic rings. The van der Waals surface area contributed by atoms with E-state index in [1.165, 1.54) is 6.07 Å². The van der Waals surface area contributed by atoms with Crippen LogP contribution in [0.2, 0.25) is 0 Å². The van der Waals surface area contributed by atoms with Gasteiger partial charge in [-0.1, -0.05) is 36.4 Å². The Morgan fingerprint density at radius 3 is 2.55 bits per heavy atom. The molecule has 1 saturated heterocycles. The van der Waals surface area contributed by atoms with Crippen molar-refractivity contribution in [2.45, 2.75) is 6.61 Å². The fourth-order valence-electron chi connectivity index (χ4n) is 3.93. The van der Waals surface area contributed by atoms with Gasteiger partial charge >= 0.3 is 0 Å². The SMILES string of the molecule is O=C(Nc1ccc(N2CCOCC2)c(F)c1)c1oc2ccccc2c1COc1ccccc1. The largest absolute Gasteiger partial charge is 0.489 e. The summed E-state index contributed by atoms with van der Waals surface area (Å²) in [7, 11) is 0. The van der Waals surface area contributed by atoms with Crippen molar-refractivity contribution in [3.63, 3.8) is 0 Å². The van der Waals surface area contributed by atoms with Gasteiger partial charge in [0, 0.05) is 29.7 Å². The first-order valence-electron chi connectivity index (χ1n) is 10.8. The molecule has 168 valence electrons. The summed E-state index contributed by atoms with van der Waals surface area (Å²) in [6.07, 6.45) is 0. The second-order valence-electron chi connectivity index (χ2n) is 7.73. The van der Waals surface area contributed by atoms with E-state index in [9.17, 15) is 9.18 Å². The van der Waals surface area contributed by atoms with E-state index in [0.717, 1.165) is 5.39 Å². The summed E-state index contributed by atoms with van der Waals surface area (Å²) in [6, 6.07) is 21.5. The molecular weight excluding hydrogens is 423 g/mol. The number of para-hydroxylation sites is 2. The molecule has 5 rings (SSSR count). The lowest BCUT2D eigenvalue weighted by Crippen LogP contribution is -2.36. The van der Waals surface area contributed by atoms with Gasteiger partial charge in [0.25, 0.3) is 5.91 Å². The number of furan rings is 1. The first-order valence-corrected chi connectivity index (χ1v) is 10.8. The number of nitrogens with zero attached hydrogens (tertiary/aromatic N) is 1. The third-order valence-corrected chi connectivity index (χ3v) is 5.59. The number of anilines is 2. The second kappa shape index (κ2) is 9.34. The molecule has 1 amide bonds. The summed E-state index contributed by atoms with van der Waals surface area (Å²) < 4.78 is 31.8. The number of rotatable bonds is 6. The lowest BCUT2D eigenvalue weighted by Gasteiger charge is -2.29. The van der Waals surface area contributed by atoms with Crippen molar-refractivity contribution in [3.05, 3.63) is 89.9 Å². The van der Waals surface area contributed by atoms with E-state index in [1.54, 1.807) is 18.2 Å². The van der Waals surface area contributed by atoms with Crippen LogP contribution in [0, 0.1) is 5.82 Å². The first kappa shape index (κ1) is 21.0. The highest BCUT2D eigenvalue weighted by molar-refractivity contribution is 6.06. The fraction of sp³-hybridized carbons (Fsp3) is 0.192. The molecule has 33 heavy (non-hydrogen) atoms. The average Bonchev–Trinajstić information content (AvgIpc) is 3.23. The monoisotopic (exact) mass is 446 g/mol. The van der Waals surface area contributed by atoms with Gasteiger partial charge in [-0.2, -0.15) is 0 Å². The van der Waals surface area contributed by atoms with Gasteiger partial charge in [-0.25, -0.2) is 4.39 Å². The van der Waals surface area contributed by atoms with Crippen LogP contribution < -0.4 is 15.0 Å². The number of nitrogens with one attached hydrogen (secondary N) is 1. The number of carbonyl (C=O) groups is 1. The molecule has 0 bridgehead atoms. The minimum absolute atomic E-state index is 0.143. The second-order valence-corrected chi connectivity index (χ2v) is 7.73. The molecule has 4 aromatic rings. The van der Waals surface area contributed by atoms with Crippen molar-refractivity contribution < 1.29 is 23.1 Å². The number of benzene rings is 3. The smallest absolute Gasteiger partial charge is 0.291 e. The molecule has 0 unspecified atom stereocenters. The Hall–Kier alpha value is -3.84. The van der Waals surface area contributed by atoms with Crippen LogP contribution in [0.25, 0.3) is 11.0 Å². The molecule has 1 fully saturated rings. The Morgan fingerprint density at radius 2 is 1.76 bits per heavy atom. The summed E-state index contributed by atoms with van der Waals surface area (Å²) in [6.45, 7) is 2.56. The Labute approximate surface area is 190 Å². The highest BCUT2D eigenvalue weighted by atomic mass is 19.1. The number of ether oxygens (including phenoxy) is 2. The summed E-state index contributed by atoms with van der Waals surface area (Å²) in [5.74, 6) is -0.0250. The topological polar surface area (TPSA) is 63.9 Å². The molecule has 1 aliphatic heterocycles. The van der Waals surface area contributed by atoms with E-state index in [2.05, 4.69) is 5.32 Å². The van der Waals surface area contributed by atoms with Crippen LogP contribution >= 0.6 is 0 Å². The minimum Gasteiger partial charge on any atom is -0.489 e. The zero-order valence-corrected chi connectivity index (χ0v) is 17.9. The van der Waals surface area contributed by atoms with Crippen molar-refractivity contribution in [1.29, 1.82) is 0 Å². The van der Waals surface area contributed by atoms with Gasteiger partial charge in [-0.3, -0.25) is 4.79 Å². The van der Waals surface area contributed by atoms with Gasteiger partial charge in [-0.15, -0.1) is 0 Å². The number of halogens is 1. The van der Waals surface area contributed by atoms with Gasteiger partial charge in [0.2, 0.25) is 0 Å². The number of amides is 1. The van der Waals surface area contributed by atoms with Crippen molar-refractivity contribution in [2.24, 2.45) is 0 Å². The van der Waals surface area contributed by atoms with Crippen molar-refractivity contribution in [2.75, 3.05) is 36.5 Å². The maximum atomic E-state index is 14.8. The molecule has 0 saturated carbocycles. The lowest BCUT2D eigenvalue weighted by molar-refractivity contribution is 0.0995. The molecule has 3 aromatic carbocycles. The number of morpholine rings is 1. The third kappa shape index (κ3) is 4.54. The molecule has 0 atom stereocenters. The van der Waals surface area contributed by atoms with Crippen LogP contribution in [-0.4, -0.2) is 32.2 Å². The Bertz CT molecular complexity index is 1270. The summed E-state index contributed by atoms with van der Waals surface area (Å²) in [5, 5.41) is 3.56. The van der Waals surface area contributed by atoms with Gasteiger partial charge < -0.3 is 24.1 Å². The van der Waals surface area contributed by atoms with Gasteiger partial charge in [-0.05, 0) is 36.4 Å². The molecule has 2 heterocycles. The van der Waals surface area contributed by atoms with Crippen LogP contribution in [-0.2, 0) is 11.3 Å². The number of fused-ring (bicyclic) bond motifs is 1. The van der Waals surface area contributed by atoms with Crippen LogP contribution in [0.5, 0.6) is 5.75 Å². The van der Waals surface area contributed by atoms with Crippen LogP contribution in [0.4, 0.5) is 15.8 Å². The van der Waals surface area contributed by atoms with E-state index < -0.39 is 11.7 Å². The summed E-state index contributed by atoms with van der Waals surface area (Å²) >= 11 is 0. The van der Waals surface area contributed by atoms with Crippen molar-refractivity contribution in [3.8, 4) is 5.75 Å². The normalized spacial score (nSPS) is 13.8. The summed E-state index contributed by atoms with van der Waals surface area (Å²) in [5.41, 5.74) is 2.07. The van der Waals surface area contributed by atoms with Crippen LogP contribution in [0.3, 0.4) is 0 Å². The molecular formula is C26H23FN2O4. The van der Waals surface area contributed by atoms with E-state index in [4.69, 9.17) is 13.9 Å². The zero-order valence-electron chi connectivity index (χ0n) is 17.9. The van der Waals surface area contributed by atoms with Crippen molar-refractivity contribution in [1.82, 2.24) is 0 Å². The first-order chi connectivity index (χ1) is 16.2. The standard InChI is InChI=1S/C26H23FN2O4/c27-22-16-18(10-11-23(22)29-12-14-31-15-13-29)28-26(30)25-21(17-32-19-6-2-1-3-7-19)20-8-4-5-9-24(20)33-25/h1-11,16H,12-15,17H2,(H,28,30). The Morgan fingerprint density at radius 1 is 1.00 bits per heavy atom. The van der Waals surface area contributed by atoms with E-state index in [0.29, 0.717) is 54.6 Å². The third-order valence-electron chi connectivity index (χ3n) is 5.59. The predicted octanol–water partition coefficient (Wildman–Crippen LogP) is 5.24. The minimum atomic E-state index is -0.462. The number of carbonyl (C=O) groups excluding carboxylic acids is 1. The van der Waals surface area contributed by atoms with E-state index in [1.807, 2.05) is 53.4 Å². The highest BCUT2D eigenvalue weighted by Crippen LogP contribution is 2.29. The Kier molecular flexibility index (Phi) is 5.95. The lowest BCUT2D eigenvalue weighted by atomic mass is 10.1. The molecule has 1 aromatic heterocycles. The maximum absolute atomic E-state index is 14.8. The maximum Gasteiger partial charge on any atom is 0.291 e. The number of hydrogen-bond acceptors (Lipinski definition) is 5. The van der Waals surface area contributed by atoms with Crippen LogP contribution in [0.1, 0.15) is 16.1 Å². The highest BCUT2D eigenvalue weighted by Gasteiger charge is 2.22. The molecule has 0 radical (unpaired) electrons. The van der Waals surface area contributed by atoms with E-state index >= 15 is 0 Å². The van der Waals surface area contributed by atoms with Gasteiger partial charge in [0.15, 0.2) is 5.76 Å². The van der Waals surface area contributed by atoms with Crippen molar-refractivity contribution >= 4 is 28.3 Å². The Balaban J connectivity index is 1.38. The zero-order chi connectivity index (χ0) is 22.6.